The van der Waals surface area contributed by atoms with Crippen LogP contribution >= 0.6 is 0 Å². The van der Waals surface area contributed by atoms with Crippen LogP contribution in [0.1, 0.15) is 20.3 Å². The number of carbonyl (C=O) groups excluding carboxylic acids is 4. The van der Waals surface area contributed by atoms with Crippen LogP contribution < -0.4 is 27.4 Å². The van der Waals surface area contributed by atoms with Gasteiger partial charge in [-0.2, -0.15) is 0 Å². The van der Waals surface area contributed by atoms with E-state index in [1.807, 2.05) is 5.32 Å². The Morgan fingerprint density at radius 3 is 2.00 bits per heavy atom. The molecule has 0 fully saturated rings. The second-order valence-corrected chi connectivity index (χ2v) is 4.86. The molecule has 0 unspecified atom stereocenters. The van der Waals surface area contributed by atoms with Crippen LogP contribution in [0.5, 0.6) is 0 Å². The van der Waals surface area contributed by atoms with E-state index in [2.05, 4.69) is 10.6 Å². The van der Waals surface area contributed by atoms with E-state index in [-0.39, 0.29) is 0 Å². The van der Waals surface area contributed by atoms with Gasteiger partial charge in [-0.1, -0.05) is 0 Å². The first-order valence-corrected chi connectivity index (χ1v) is 6.68. The third kappa shape index (κ3) is 8.36. The van der Waals surface area contributed by atoms with Crippen molar-refractivity contribution in [3.63, 3.8) is 0 Å². The van der Waals surface area contributed by atoms with Crippen molar-refractivity contribution in [1.82, 2.24) is 16.0 Å². The highest BCUT2D eigenvalue weighted by atomic mass is 16.4. The molecule has 11 nitrogen and oxygen atoms in total. The molecule has 0 aliphatic heterocycles. The molecule has 11 heteroatoms. The first-order chi connectivity index (χ1) is 10.5. The second-order valence-electron chi connectivity index (χ2n) is 4.86. The predicted octanol–water partition coefficient (Wildman–Crippen LogP) is -3.60. The lowest BCUT2D eigenvalue weighted by Gasteiger charge is -2.20. The molecule has 0 spiro atoms. The zero-order valence-electron chi connectivity index (χ0n) is 12.8. The van der Waals surface area contributed by atoms with Crippen molar-refractivity contribution in [2.75, 3.05) is 6.54 Å². The smallest absolute Gasteiger partial charge is 0.322 e. The number of hydrogen-bond acceptors (Lipinski definition) is 6. The Morgan fingerprint density at radius 1 is 1.00 bits per heavy atom. The van der Waals surface area contributed by atoms with Crippen molar-refractivity contribution in [1.29, 1.82) is 0 Å². The van der Waals surface area contributed by atoms with E-state index in [9.17, 15) is 24.0 Å². The third-order valence-corrected chi connectivity index (χ3v) is 2.62. The Bertz CT molecular complexity index is 492. The highest BCUT2D eigenvalue weighted by molar-refractivity contribution is 5.95. The summed E-state index contributed by atoms with van der Waals surface area (Å²) in [5.41, 5.74) is 10.3. The fourth-order valence-corrected chi connectivity index (χ4v) is 1.40. The number of primary amides is 1. The summed E-state index contributed by atoms with van der Waals surface area (Å²) >= 11 is 0. The maximum atomic E-state index is 11.9. The van der Waals surface area contributed by atoms with Crippen LogP contribution in [-0.2, 0) is 24.0 Å². The molecule has 0 saturated carbocycles. The van der Waals surface area contributed by atoms with Gasteiger partial charge in [-0.05, 0) is 13.8 Å². The largest absolute Gasteiger partial charge is 0.480 e. The van der Waals surface area contributed by atoms with E-state index in [0.717, 1.165) is 0 Å². The number of hydrogen-bond donors (Lipinski definition) is 6. The lowest BCUT2D eigenvalue weighted by Crippen LogP contribution is -2.55. The average molecular weight is 331 g/mol. The summed E-state index contributed by atoms with van der Waals surface area (Å²) in [6, 6.07) is -3.20. The molecule has 130 valence electrons. The maximum Gasteiger partial charge on any atom is 0.322 e. The first kappa shape index (κ1) is 20.3. The topological polar surface area (TPSA) is 194 Å². The number of nitrogens with one attached hydrogen (secondary N) is 3. The van der Waals surface area contributed by atoms with Gasteiger partial charge in [0.2, 0.25) is 23.6 Å². The van der Waals surface area contributed by atoms with Crippen LogP contribution in [0.4, 0.5) is 0 Å². The summed E-state index contributed by atoms with van der Waals surface area (Å²) < 4.78 is 0. The number of carbonyl (C=O) groups is 5. The summed E-state index contributed by atoms with van der Waals surface area (Å²) in [7, 11) is 0. The van der Waals surface area contributed by atoms with E-state index in [0.29, 0.717) is 0 Å². The third-order valence-electron chi connectivity index (χ3n) is 2.62. The quantitative estimate of drug-likeness (QED) is 0.251. The van der Waals surface area contributed by atoms with Gasteiger partial charge in [-0.15, -0.1) is 0 Å². The normalized spacial score (nSPS) is 14.0. The summed E-state index contributed by atoms with van der Waals surface area (Å²) in [5, 5.41) is 15.0. The Balaban J connectivity index is 4.77. The zero-order valence-corrected chi connectivity index (χ0v) is 12.8. The molecule has 0 aliphatic rings. The Morgan fingerprint density at radius 2 is 1.57 bits per heavy atom. The molecule has 0 heterocycles. The van der Waals surface area contributed by atoms with Crippen molar-refractivity contribution in [3.8, 4) is 0 Å². The molecule has 3 atom stereocenters. The minimum absolute atomic E-state index is 0.523. The van der Waals surface area contributed by atoms with Gasteiger partial charge in [0.15, 0.2) is 0 Å². The molecule has 0 bridgehead atoms. The fourth-order valence-electron chi connectivity index (χ4n) is 1.40. The van der Waals surface area contributed by atoms with Crippen molar-refractivity contribution in [2.45, 2.75) is 38.4 Å². The van der Waals surface area contributed by atoms with Crippen LogP contribution in [0.25, 0.3) is 0 Å². The molecule has 0 aromatic rings. The minimum atomic E-state index is -1.35. The standard InChI is InChI=1S/C12H21N5O6/c1-5(13)10(21)16-6(2)11(22)17-7(3-8(14)18)12(23)15-4-9(19)20/h5-7H,3-4,13H2,1-2H3,(H2,14,18)(H,15,23)(H,16,21)(H,17,22)(H,19,20)/t5-,6-,7-/m0/s1. The van der Waals surface area contributed by atoms with Gasteiger partial charge in [0, 0.05) is 0 Å². The van der Waals surface area contributed by atoms with Crippen LogP contribution in [0.2, 0.25) is 0 Å². The van der Waals surface area contributed by atoms with Crippen molar-refractivity contribution < 1.29 is 29.1 Å². The van der Waals surface area contributed by atoms with E-state index >= 15 is 0 Å². The SMILES string of the molecule is C[C@H](N)C(=O)N[C@@H](C)C(=O)N[C@@H](CC(N)=O)C(=O)NCC(=O)O. The monoisotopic (exact) mass is 331 g/mol. The molecule has 0 aromatic carbocycles. The Hall–Kier alpha value is -2.69. The number of aliphatic carboxylic acids is 1. The van der Waals surface area contributed by atoms with Gasteiger partial charge in [-0.25, -0.2) is 0 Å². The van der Waals surface area contributed by atoms with Gasteiger partial charge in [0.05, 0.1) is 12.5 Å². The molecular weight excluding hydrogens is 310 g/mol. The summed E-state index contributed by atoms with van der Waals surface area (Å²) in [4.78, 5) is 56.5. The first-order valence-electron chi connectivity index (χ1n) is 6.68. The van der Waals surface area contributed by atoms with Gasteiger partial charge in [-0.3, -0.25) is 24.0 Å². The Labute approximate surface area is 132 Å². The molecule has 23 heavy (non-hydrogen) atoms. The van der Waals surface area contributed by atoms with Crippen molar-refractivity contribution in [2.24, 2.45) is 11.5 Å². The van der Waals surface area contributed by atoms with E-state index in [4.69, 9.17) is 16.6 Å². The molecule has 0 aliphatic carbocycles. The number of carboxylic acid groups (broad SMARTS) is 1. The minimum Gasteiger partial charge on any atom is -0.480 e. The van der Waals surface area contributed by atoms with Gasteiger partial charge in [0.25, 0.3) is 0 Å². The highest BCUT2D eigenvalue weighted by Crippen LogP contribution is 1.95. The number of carboxylic acids is 1. The molecule has 8 N–H and O–H groups in total. The molecular formula is C12H21N5O6. The lowest BCUT2D eigenvalue weighted by atomic mass is 10.1. The van der Waals surface area contributed by atoms with Crippen LogP contribution in [-0.4, -0.2) is 59.4 Å². The lowest BCUT2D eigenvalue weighted by molar-refractivity contribution is -0.138. The van der Waals surface area contributed by atoms with Gasteiger partial charge >= 0.3 is 5.97 Å². The van der Waals surface area contributed by atoms with Crippen molar-refractivity contribution >= 4 is 29.6 Å². The van der Waals surface area contributed by atoms with Crippen LogP contribution in [0.3, 0.4) is 0 Å². The number of amides is 4. The van der Waals surface area contributed by atoms with Gasteiger partial charge < -0.3 is 32.5 Å². The molecule has 0 saturated heterocycles. The fraction of sp³-hybridized carbons (Fsp3) is 0.583. The van der Waals surface area contributed by atoms with Crippen molar-refractivity contribution in [3.05, 3.63) is 0 Å². The van der Waals surface area contributed by atoms with Gasteiger partial charge in [0.1, 0.15) is 18.6 Å². The van der Waals surface area contributed by atoms with Crippen LogP contribution in [0, 0.1) is 0 Å². The van der Waals surface area contributed by atoms with E-state index < -0.39 is 60.7 Å². The van der Waals surface area contributed by atoms with Crippen LogP contribution in [0.15, 0.2) is 0 Å². The molecule has 0 aromatic heterocycles. The molecule has 0 radical (unpaired) electrons. The molecule has 4 amide bonds. The van der Waals surface area contributed by atoms with E-state index in [1.165, 1.54) is 13.8 Å². The predicted molar refractivity (Wildman–Crippen MR) is 77.6 cm³/mol. The maximum absolute atomic E-state index is 11.9. The zero-order chi connectivity index (χ0) is 18.2. The average Bonchev–Trinajstić information content (AvgIpc) is 2.42. The summed E-state index contributed by atoms with van der Waals surface area (Å²) in [5.74, 6) is -4.37. The Kier molecular flexibility index (Phi) is 8.26. The second kappa shape index (κ2) is 9.35. The number of rotatable bonds is 9. The molecule has 0 rings (SSSR count). The number of nitrogens with two attached hydrogens (primary N) is 2. The highest BCUT2D eigenvalue weighted by Gasteiger charge is 2.26. The summed E-state index contributed by atoms with van der Waals surface area (Å²) in [6.45, 7) is 2.10. The summed E-state index contributed by atoms with van der Waals surface area (Å²) in [6.07, 6.45) is -0.523. The van der Waals surface area contributed by atoms with E-state index in [1.54, 1.807) is 0 Å².